The van der Waals surface area contributed by atoms with E-state index in [1.165, 1.54) is 48.4 Å². The van der Waals surface area contributed by atoms with Crippen LogP contribution in [-0.2, 0) is 4.74 Å². The standard InChI is InChI=1S/C26H35NO2/c1-26(2,3)29-25(28)27-17-15-20(16-18-27)22-14-13-21(19-9-5-4-6-10-19)23-11-7-8-12-24(22)23/h7-8,11-14,19-20H,4-6,9-10,15-18H2,1-3H3. The van der Waals surface area contributed by atoms with Crippen LogP contribution in [0.5, 0.6) is 0 Å². The first-order valence-corrected chi connectivity index (χ1v) is 11.4. The van der Waals surface area contributed by atoms with Gasteiger partial charge in [-0.1, -0.05) is 55.7 Å². The molecule has 1 heterocycles. The van der Waals surface area contributed by atoms with E-state index in [0.29, 0.717) is 5.92 Å². The summed E-state index contributed by atoms with van der Waals surface area (Å²) in [5.74, 6) is 1.23. The number of hydrogen-bond donors (Lipinski definition) is 0. The molecule has 2 aromatic rings. The lowest BCUT2D eigenvalue weighted by molar-refractivity contribution is 0.0205. The summed E-state index contributed by atoms with van der Waals surface area (Å²) in [4.78, 5) is 14.3. The van der Waals surface area contributed by atoms with Gasteiger partial charge in [-0.15, -0.1) is 0 Å². The minimum atomic E-state index is -0.431. The van der Waals surface area contributed by atoms with Gasteiger partial charge < -0.3 is 9.64 Å². The van der Waals surface area contributed by atoms with E-state index in [0.717, 1.165) is 31.8 Å². The molecule has 2 aliphatic rings. The number of hydrogen-bond acceptors (Lipinski definition) is 2. The van der Waals surface area contributed by atoms with Crippen LogP contribution in [0.4, 0.5) is 4.79 Å². The van der Waals surface area contributed by atoms with Crippen molar-refractivity contribution < 1.29 is 9.53 Å². The second-order valence-electron chi connectivity index (χ2n) is 9.87. The van der Waals surface area contributed by atoms with Crippen LogP contribution >= 0.6 is 0 Å². The molecule has 0 atom stereocenters. The lowest BCUT2D eigenvalue weighted by atomic mass is 9.79. The predicted molar refractivity (Wildman–Crippen MR) is 120 cm³/mol. The molecule has 1 saturated carbocycles. The third kappa shape index (κ3) is 4.60. The van der Waals surface area contributed by atoms with Crippen molar-refractivity contribution in [2.24, 2.45) is 0 Å². The Morgan fingerprint density at radius 1 is 0.828 bits per heavy atom. The number of carbonyl (C=O) groups is 1. The summed E-state index contributed by atoms with van der Waals surface area (Å²) >= 11 is 0. The maximum Gasteiger partial charge on any atom is 0.410 e. The fourth-order valence-electron chi connectivity index (χ4n) is 5.17. The molecule has 1 amide bonds. The second-order valence-corrected chi connectivity index (χ2v) is 9.87. The van der Waals surface area contributed by atoms with Crippen LogP contribution in [-0.4, -0.2) is 29.7 Å². The van der Waals surface area contributed by atoms with Crippen molar-refractivity contribution in [2.75, 3.05) is 13.1 Å². The largest absolute Gasteiger partial charge is 0.444 e. The fraction of sp³-hybridized carbons (Fsp3) is 0.577. The topological polar surface area (TPSA) is 29.5 Å². The number of piperidine rings is 1. The molecule has 29 heavy (non-hydrogen) atoms. The van der Waals surface area contributed by atoms with Gasteiger partial charge in [-0.25, -0.2) is 4.79 Å². The molecule has 0 bridgehead atoms. The minimum absolute atomic E-state index is 0.173. The van der Waals surface area contributed by atoms with Gasteiger partial charge in [0.15, 0.2) is 0 Å². The van der Waals surface area contributed by atoms with Crippen LogP contribution in [0.1, 0.15) is 88.7 Å². The molecule has 2 fully saturated rings. The zero-order chi connectivity index (χ0) is 20.4. The minimum Gasteiger partial charge on any atom is -0.444 e. The van der Waals surface area contributed by atoms with E-state index < -0.39 is 5.60 Å². The van der Waals surface area contributed by atoms with Gasteiger partial charge in [-0.05, 0) is 80.2 Å². The van der Waals surface area contributed by atoms with Gasteiger partial charge in [-0.3, -0.25) is 0 Å². The quantitative estimate of drug-likeness (QED) is 0.549. The maximum atomic E-state index is 12.4. The van der Waals surface area contributed by atoms with Crippen molar-refractivity contribution >= 4 is 16.9 Å². The highest BCUT2D eigenvalue weighted by Crippen LogP contribution is 2.40. The van der Waals surface area contributed by atoms with Crippen LogP contribution in [0.3, 0.4) is 0 Å². The summed E-state index contributed by atoms with van der Waals surface area (Å²) in [6, 6.07) is 13.8. The van der Waals surface area contributed by atoms with E-state index in [2.05, 4.69) is 36.4 Å². The summed E-state index contributed by atoms with van der Waals surface area (Å²) in [7, 11) is 0. The Balaban J connectivity index is 1.53. The molecule has 0 unspecified atom stereocenters. The molecule has 3 heteroatoms. The normalized spacial score (nSPS) is 19.5. The molecule has 1 saturated heterocycles. The molecular formula is C26H35NO2. The molecule has 0 aromatic heterocycles. The van der Waals surface area contributed by atoms with E-state index in [9.17, 15) is 4.79 Å². The molecule has 4 rings (SSSR count). The zero-order valence-electron chi connectivity index (χ0n) is 18.2. The Morgan fingerprint density at radius 3 is 1.86 bits per heavy atom. The van der Waals surface area contributed by atoms with Crippen LogP contribution in [0.2, 0.25) is 0 Å². The van der Waals surface area contributed by atoms with Crippen molar-refractivity contribution in [3.05, 3.63) is 47.5 Å². The highest BCUT2D eigenvalue weighted by molar-refractivity contribution is 5.89. The lowest BCUT2D eigenvalue weighted by Gasteiger charge is -2.34. The van der Waals surface area contributed by atoms with Gasteiger partial charge in [0, 0.05) is 13.1 Å². The molecule has 156 valence electrons. The molecule has 2 aromatic carbocycles. The average Bonchev–Trinajstić information content (AvgIpc) is 2.72. The Labute approximate surface area is 175 Å². The second kappa shape index (κ2) is 8.38. The van der Waals surface area contributed by atoms with Crippen molar-refractivity contribution in [1.82, 2.24) is 4.90 Å². The molecule has 0 N–H and O–H groups in total. The Morgan fingerprint density at radius 2 is 1.34 bits per heavy atom. The van der Waals surface area contributed by atoms with Gasteiger partial charge in [0.05, 0.1) is 0 Å². The van der Waals surface area contributed by atoms with Crippen molar-refractivity contribution in [2.45, 2.75) is 83.2 Å². The third-order valence-corrected chi connectivity index (χ3v) is 6.62. The van der Waals surface area contributed by atoms with Crippen LogP contribution in [0.25, 0.3) is 10.8 Å². The van der Waals surface area contributed by atoms with Crippen LogP contribution < -0.4 is 0 Å². The summed E-state index contributed by atoms with van der Waals surface area (Å²) in [6.07, 6.45) is 8.62. The average molecular weight is 394 g/mol. The van der Waals surface area contributed by atoms with E-state index in [1.807, 2.05) is 25.7 Å². The van der Waals surface area contributed by atoms with Gasteiger partial charge in [0.2, 0.25) is 0 Å². The van der Waals surface area contributed by atoms with Gasteiger partial charge in [-0.2, -0.15) is 0 Å². The number of likely N-dealkylation sites (tertiary alicyclic amines) is 1. The Kier molecular flexibility index (Phi) is 5.85. The third-order valence-electron chi connectivity index (χ3n) is 6.62. The van der Waals surface area contributed by atoms with E-state index >= 15 is 0 Å². The van der Waals surface area contributed by atoms with Crippen molar-refractivity contribution in [3.63, 3.8) is 0 Å². The summed E-state index contributed by atoms with van der Waals surface area (Å²) < 4.78 is 5.56. The number of carbonyl (C=O) groups excluding carboxylic acids is 1. The first kappa shape index (κ1) is 20.3. The van der Waals surface area contributed by atoms with E-state index in [-0.39, 0.29) is 6.09 Å². The lowest BCUT2D eigenvalue weighted by Crippen LogP contribution is -2.41. The Bertz CT molecular complexity index is 853. The van der Waals surface area contributed by atoms with Crippen LogP contribution in [0, 0.1) is 0 Å². The summed E-state index contributed by atoms with van der Waals surface area (Å²) in [5, 5.41) is 2.87. The molecular weight excluding hydrogens is 358 g/mol. The zero-order valence-corrected chi connectivity index (χ0v) is 18.2. The molecule has 1 aliphatic carbocycles. The van der Waals surface area contributed by atoms with Crippen molar-refractivity contribution in [3.8, 4) is 0 Å². The summed E-state index contributed by atoms with van der Waals surface area (Å²) in [5.41, 5.74) is 2.58. The fourth-order valence-corrected chi connectivity index (χ4v) is 5.17. The Hall–Kier alpha value is -2.03. The van der Waals surface area contributed by atoms with Crippen molar-refractivity contribution in [1.29, 1.82) is 0 Å². The first-order valence-electron chi connectivity index (χ1n) is 11.4. The maximum absolute atomic E-state index is 12.4. The monoisotopic (exact) mass is 393 g/mol. The highest BCUT2D eigenvalue weighted by Gasteiger charge is 2.28. The number of amides is 1. The number of nitrogens with zero attached hydrogens (tertiary/aromatic N) is 1. The van der Waals surface area contributed by atoms with Crippen LogP contribution in [0.15, 0.2) is 36.4 Å². The molecule has 3 nitrogen and oxygen atoms in total. The van der Waals surface area contributed by atoms with E-state index in [4.69, 9.17) is 4.74 Å². The number of fused-ring (bicyclic) bond motifs is 1. The van der Waals surface area contributed by atoms with E-state index in [1.54, 1.807) is 5.56 Å². The highest BCUT2D eigenvalue weighted by atomic mass is 16.6. The smallest absolute Gasteiger partial charge is 0.410 e. The number of rotatable bonds is 2. The molecule has 0 radical (unpaired) electrons. The number of ether oxygens (including phenoxy) is 1. The van der Waals surface area contributed by atoms with Gasteiger partial charge >= 0.3 is 6.09 Å². The SMILES string of the molecule is CC(C)(C)OC(=O)N1CCC(c2ccc(C3CCCCC3)c3ccccc23)CC1. The predicted octanol–water partition coefficient (Wildman–Crippen LogP) is 7.00. The first-order chi connectivity index (χ1) is 13.9. The molecule has 1 aliphatic heterocycles. The van der Waals surface area contributed by atoms with Gasteiger partial charge in [0.25, 0.3) is 0 Å². The number of benzene rings is 2. The summed E-state index contributed by atoms with van der Waals surface area (Å²) in [6.45, 7) is 7.34. The van der Waals surface area contributed by atoms with Gasteiger partial charge in [0.1, 0.15) is 5.60 Å². The molecule has 0 spiro atoms.